The second-order valence-corrected chi connectivity index (χ2v) is 8.71. The first-order valence-electron chi connectivity index (χ1n) is 9.92. The van der Waals surface area contributed by atoms with Gasteiger partial charge >= 0.3 is 12.0 Å². The summed E-state index contributed by atoms with van der Waals surface area (Å²) in [5, 5.41) is 22.6. The van der Waals surface area contributed by atoms with Crippen molar-refractivity contribution in [2.24, 2.45) is 5.73 Å². The first-order chi connectivity index (χ1) is 16.8. The summed E-state index contributed by atoms with van der Waals surface area (Å²) in [6.07, 6.45) is -3.30. The number of hydrogen-bond acceptors (Lipinski definition) is 8. The second kappa shape index (κ2) is 8.87. The average Bonchev–Trinajstić information content (AvgIpc) is 3.47. The highest BCUT2D eigenvalue weighted by Gasteiger charge is 2.36. The SMILES string of the molecule is CCn1cc(-c2cc(C(F)(F)F)nc3sc(C(N)=O)c(NC(=O)c4n[nH]c([N+](=O)[O-])c4Cl)c23)c(C)n1. The van der Waals surface area contributed by atoms with Gasteiger partial charge in [0.15, 0.2) is 10.7 Å². The number of amides is 2. The third-order valence-electron chi connectivity index (χ3n) is 5.06. The van der Waals surface area contributed by atoms with E-state index in [0.29, 0.717) is 29.1 Å². The molecule has 0 bridgehead atoms. The zero-order valence-corrected chi connectivity index (χ0v) is 19.8. The van der Waals surface area contributed by atoms with Crippen LogP contribution in [0.15, 0.2) is 12.3 Å². The number of carbonyl (C=O) groups is 2. The Morgan fingerprint density at radius 2 is 2.06 bits per heavy atom. The molecule has 4 rings (SSSR count). The van der Waals surface area contributed by atoms with Crippen molar-refractivity contribution >= 4 is 56.5 Å². The lowest BCUT2D eigenvalue weighted by atomic mass is 10.0. The topological polar surface area (TPSA) is 175 Å². The van der Waals surface area contributed by atoms with Crippen molar-refractivity contribution in [1.82, 2.24) is 25.0 Å². The molecular weight excluding hydrogens is 529 g/mol. The summed E-state index contributed by atoms with van der Waals surface area (Å²) >= 11 is 6.42. The van der Waals surface area contributed by atoms with Crippen LogP contribution in [0.5, 0.6) is 0 Å². The van der Waals surface area contributed by atoms with Crippen LogP contribution >= 0.6 is 22.9 Å². The molecule has 4 aromatic rings. The number of nitrogens with two attached hydrogens (primary N) is 1. The zero-order valence-electron chi connectivity index (χ0n) is 18.2. The number of aromatic amines is 1. The Morgan fingerprint density at radius 1 is 1.36 bits per heavy atom. The van der Waals surface area contributed by atoms with Gasteiger partial charge in [-0.15, -0.1) is 16.4 Å². The summed E-state index contributed by atoms with van der Waals surface area (Å²) in [6, 6.07) is 0.784. The standard InChI is InChI=1S/C19H14ClF3N8O4S/c1-3-30-5-8(6(2)29-30)7-4-9(19(21,22)23)25-18-10(7)12(14(36-18)15(24)32)26-17(33)13-11(20)16(28-27-13)31(34)35/h4-5H,3H2,1-2H3,(H2,24,32)(H,26,33)(H,27,28). The number of rotatable bonds is 6. The molecule has 36 heavy (non-hydrogen) atoms. The maximum Gasteiger partial charge on any atom is 0.433 e. The van der Waals surface area contributed by atoms with Crippen molar-refractivity contribution in [2.75, 3.05) is 5.32 Å². The van der Waals surface area contributed by atoms with Crippen LogP contribution in [-0.4, -0.2) is 41.7 Å². The van der Waals surface area contributed by atoms with E-state index in [9.17, 15) is 32.9 Å². The molecule has 4 aromatic heterocycles. The minimum atomic E-state index is -4.82. The number of alkyl halides is 3. The summed E-state index contributed by atoms with van der Waals surface area (Å²) < 4.78 is 42.5. The minimum Gasteiger partial charge on any atom is -0.365 e. The summed E-state index contributed by atoms with van der Waals surface area (Å²) in [5.41, 5.74) is 4.08. The van der Waals surface area contributed by atoms with Crippen LogP contribution in [0.4, 0.5) is 24.7 Å². The number of carbonyl (C=O) groups excluding carboxylic acids is 2. The molecule has 0 aliphatic carbocycles. The summed E-state index contributed by atoms with van der Waals surface area (Å²) in [4.78, 5) is 38.4. The lowest BCUT2D eigenvalue weighted by Crippen LogP contribution is -2.17. The van der Waals surface area contributed by atoms with Gasteiger partial charge < -0.3 is 21.2 Å². The molecular formula is C19H14ClF3N8O4S. The summed E-state index contributed by atoms with van der Waals surface area (Å²) in [5.74, 6) is -2.86. The molecule has 0 saturated heterocycles. The summed E-state index contributed by atoms with van der Waals surface area (Å²) in [6.45, 7) is 3.80. The largest absolute Gasteiger partial charge is 0.433 e. The molecule has 2 amide bonds. The number of aryl methyl sites for hydroxylation is 2. The number of primary amides is 1. The molecule has 4 N–H and O–H groups in total. The van der Waals surface area contributed by atoms with Gasteiger partial charge in [0, 0.05) is 23.7 Å². The number of nitrogens with one attached hydrogen (secondary N) is 2. The molecule has 0 radical (unpaired) electrons. The third-order valence-corrected chi connectivity index (χ3v) is 6.52. The number of fused-ring (bicyclic) bond motifs is 1. The molecule has 4 heterocycles. The maximum atomic E-state index is 13.7. The molecule has 0 saturated carbocycles. The van der Waals surface area contributed by atoms with E-state index in [1.165, 1.54) is 10.9 Å². The average molecular weight is 543 g/mol. The minimum absolute atomic E-state index is 0.00457. The van der Waals surface area contributed by atoms with E-state index in [4.69, 9.17) is 17.3 Å². The van der Waals surface area contributed by atoms with E-state index < -0.39 is 45.1 Å². The Balaban J connectivity index is 1.99. The lowest BCUT2D eigenvalue weighted by Gasteiger charge is -2.11. The van der Waals surface area contributed by atoms with Gasteiger partial charge in [0.1, 0.15) is 15.4 Å². The lowest BCUT2D eigenvalue weighted by molar-refractivity contribution is -0.389. The predicted octanol–water partition coefficient (Wildman–Crippen LogP) is 4.14. The number of pyridine rings is 1. The normalized spacial score (nSPS) is 11.7. The molecule has 0 aromatic carbocycles. The molecule has 0 unspecified atom stereocenters. The number of thiophene rings is 1. The van der Waals surface area contributed by atoms with Gasteiger partial charge in [-0.25, -0.2) is 4.98 Å². The van der Waals surface area contributed by atoms with Crippen LogP contribution in [0, 0.1) is 17.0 Å². The van der Waals surface area contributed by atoms with E-state index in [1.807, 2.05) is 5.10 Å². The quantitative estimate of drug-likeness (QED) is 0.242. The molecule has 0 fully saturated rings. The monoisotopic (exact) mass is 542 g/mol. The van der Waals surface area contributed by atoms with E-state index in [-0.39, 0.29) is 26.3 Å². The van der Waals surface area contributed by atoms with Gasteiger partial charge in [-0.3, -0.25) is 14.3 Å². The Hall–Kier alpha value is -4.05. The van der Waals surface area contributed by atoms with Crippen molar-refractivity contribution < 1.29 is 27.7 Å². The molecule has 188 valence electrons. The van der Waals surface area contributed by atoms with Gasteiger partial charge in [-0.1, -0.05) is 16.7 Å². The Labute approximate surface area is 207 Å². The van der Waals surface area contributed by atoms with Crippen molar-refractivity contribution in [2.45, 2.75) is 26.6 Å². The maximum absolute atomic E-state index is 13.7. The number of aromatic nitrogens is 5. The fraction of sp³-hybridized carbons (Fsp3) is 0.211. The van der Waals surface area contributed by atoms with Crippen molar-refractivity contribution in [3.8, 4) is 11.1 Å². The smallest absolute Gasteiger partial charge is 0.365 e. The second-order valence-electron chi connectivity index (χ2n) is 7.33. The number of anilines is 1. The van der Waals surface area contributed by atoms with Crippen LogP contribution in [-0.2, 0) is 12.7 Å². The van der Waals surface area contributed by atoms with Crippen molar-refractivity contribution in [3.05, 3.63) is 49.4 Å². The molecule has 0 spiro atoms. The molecule has 17 heteroatoms. The first-order valence-corrected chi connectivity index (χ1v) is 11.1. The van der Waals surface area contributed by atoms with Crippen LogP contribution in [0.1, 0.15) is 38.5 Å². The van der Waals surface area contributed by atoms with E-state index in [2.05, 4.69) is 20.5 Å². The first kappa shape index (κ1) is 25.1. The van der Waals surface area contributed by atoms with Gasteiger partial charge in [0.25, 0.3) is 11.8 Å². The Morgan fingerprint density at radius 3 is 2.58 bits per heavy atom. The zero-order chi connectivity index (χ0) is 26.5. The fourth-order valence-corrected chi connectivity index (χ4v) is 4.70. The van der Waals surface area contributed by atoms with Gasteiger partial charge in [-0.05, 0) is 30.4 Å². The Bertz CT molecular complexity index is 1560. The number of nitro groups is 1. The third kappa shape index (κ3) is 4.24. The molecule has 0 atom stereocenters. The number of halogens is 4. The highest BCUT2D eigenvalue weighted by Crippen LogP contribution is 2.44. The predicted molar refractivity (Wildman–Crippen MR) is 123 cm³/mol. The highest BCUT2D eigenvalue weighted by atomic mass is 35.5. The van der Waals surface area contributed by atoms with Crippen molar-refractivity contribution in [3.63, 3.8) is 0 Å². The highest BCUT2D eigenvalue weighted by molar-refractivity contribution is 7.21. The fourth-order valence-electron chi connectivity index (χ4n) is 3.46. The summed E-state index contributed by atoms with van der Waals surface area (Å²) in [7, 11) is 0. The van der Waals surface area contributed by atoms with Crippen LogP contribution in [0.2, 0.25) is 5.02 Å². The van der Waals surface area contributed by atoms with E-state index in [1.54, 1.807) is 13.8 Å². The van der Waals surface area contributed by atoms with Crippen LogP contribution in [0.3, 0.4) is 0 Å². The number of nitrogens with zero attached hydrogens (tertiary/aromatic N) is 5. The van der Waals surface area contributed by atoms with Crippen LogP contribution < -0.4 is 11.1 Å². The molecule has 12 nitrogen and oxygen atoms in total. The van der Waals surface area contributed by atoms with Gasteiger partial charge in [-0.2, -0.15) is 18.3 Å². The van der Waals surface area contributed by atoms with Crippen LogP contribution in [0.25, 0.3) is 21.3 Å². The molecule has 0 aliphatic rings. The van der Waals surface area contributed by atoms with Gasteiger partial charge in [0.05, 0.1) is 11.4 Å². The Kier molecular flexibility index (Phi) is 6.17. The van der Waals surface area contributed by atoms with Gasteiger partial charge in [0.2, 0.25) is 0 Å². The van der Waals surface area contributed by atoms with E-state index in [0.717, 1.165) is 6.07 Å². The molecule has 0 aliphatic heterocycles. The van der Waals surface area contributed by atoms with E-state index >= 15 is 0 Å². The number of H-pyrrole nitrogens is 1. The number of hydrogen-bond donors (Lipinski definition) is 3. The van der Waals surface area contributed by atoms with Crippen molar-refractivity contribution in [1.29, 1.82) is 0 Å².